The van der Waals surface area contributed by atoms with Crippen LogP contribution in [0.4, 0.5) is 17.3 Å². The lowest BCUT2D eigenvalue weighted by Crippen LogP contribution is -2.40. The van der Waals surface area contributed by atoms with Gasteiger partial charge in [0.2, 0.25) is 5.91 Å². The molecule has 1 saturated heterocycles. The van der Waals surface area contributed by atoms with Crippen LogP contribution in [-0.4, -0.2) is 37.6 Å². The lowest BCUT2D eigenvalue weighted by Gasteiger charge is -2.25. The molecule has 0 spiro atoms. The van der Waals surface area contributed by atoms with Crippen molar-refractivity contribution in [1.29, 1.82) is 0 Å². The lowest BCUT2D eigenvalue weighted by atomic mass is 10.2. The van der Waals surface area contributed by atoms with E-state index in [0.29, 0.717) is 11.5 Å². The number of nitrogens with two attached hydrogens (primary N) is 2. The summed E-state index contributed by atoms with van der Waals surface area (Å²) in [4.78, 5) is 19.7. The number of pyridine rings is 1. The van der Waals surface area contributed by atoms with Gasteiger partial charge in [-0.15, -0.1) is 0 Å². The third-order valence-corrected chi connectivity index (χ3v) is 3.19. The van der Waals surface area contributed by atoms with Crippen LogP contribution in [0.15, 0.2) is 12.1 Å². The van der Waals surface area contributed by atoms with E-state index >= 15 is 0 Å². The van der Waals surface area contributed by atoms with Crippen molar-refractivity contribution in [2.24, 2.45) is 5.73 Å². The summed E-state index contributed by atoms with van der Waals surface area (Å²) in [6.07, 6.45) is 1.75. The fourth-order valence-electron chi connectivity index (χ4n) is 2.30. The second-order valence-electron chi connectivity index (χ2n) is 4.73. The maximum Gasteiger partial charge on any atom is 0.240 e. The van der Waals surface area contributed by atoms with Crippen LogP contribution in [0.25, 0.3) is 0 Å². The second-order valence-corrected chi connectivity index (χ2v) is 4.73. The number of nitrogen functional groups attached to an aromatic ring is 1. The molecule has 0 aromatic carbocycles. The van der Waals surface area contributed by atoms with Gasteiger partial charge >= 0.3 is 0 Å². The van der Waals surface area contributed by atoms with E-state index in [0.717, 1.165) is 25.2 Å². The number of primary amides is 1. The fraction of sp³-hybridized carbons (Fsp3) is 0.500. The SMILES string of the molecule is CN(C)c1nc(N2CCCC2C(N)=O)ccc1N. The number of nitrogens with zero attached hydrogens (tertiary/aromatic N) is 3. The largest absolute Gasteiger partial charge is 0.396 e. The molecule has 2 heterocycles. The normalized spacial score (nSPS) is 19.0. The second kappa shape index (κ2) is 4.72. The number of aromatic nitrogens is 1. The van der Waals surface area contributed by atoms with E-state index in [1.807, 2.05) is 36.0 Å². The molecule has 1 aromatic heterocycles. The van der Waals surface area contributed by atoms with Gasteiger partial charge in [-0.2, -0.15) is 0 Å². The first kappa shape index (κ1) is 12.5. The predicted molar refractivity (Wildman–Crippen MR) is 72.5 cm³/mol. The van der Waals surface area contributed by atoms with E-state index < -0.39 is 0 Å². The van der Waals surface area contributed by atoms with Crippen LogP contribution in [0, 0.1) is 0 Å². The first-order valence-corrected chi connectivity index (χ1v) is 6.00. The number of hydrogen-bond acceptors (Lipinski definition) is 5. The van der Waals surface area contributed by atoms with E-state index in [-0.39, 0.29) is 11.9 Å². The van der Waals surface area contributed by atoms with Crippen LogP contribution in [0.3, 0.4) is 0 Å². The molecule has 98 valence electrons. The van der Waals surface area contributed by atoms with Crippen molar-refractivity contribution in [3.8, 4) is 0 Å². The first-order chi connectivity index (χ1) is 8.50. The molecule has 0 aliphatic carbocycles. The maximum absolute atomic E-state index is 11.4. The number of carbonyl (C=O) groups is 1. The van der Waals surface area contributed by atoms with Crippen molar-refractivity contribution in [3.05, 3.63) is 12.1 Å². The molecular weight excluding hydrogens is 230 g/mol. The van der Waals surface area contributed by atoms with Gasteiger partial charge in [-0.05, 0) is 25.0 Å². The van der Waals surface area contributed by atoms with Gasteiger partial charge < -0.3 is 21.3 Å². The summed E-state index contributed by atoms with van der Waals surface area (Å²) in [5, 5.41) is 0. The number of amides is 1. The van der Waals surface area contributed by atoms with Gasteiger partial charge in [-0.3, -0.25) is 4.79 Å². The molecular formula is C12H19N5O. The molecule has 1 aliphatic rings. The van der Waals surface area contributed by atoms with Crippen molar-refractivity contribution in [2.45, 2.75) is 18.9 Å². The van der Waals surface area contributed by atoms with E-state index in [1.165, 1.54) is 0 Å². The Morgan fingerprint density at radius 3 is 2.83 bits per heavy atom. The predicted octanol–water partition coefficient (Wildman–Crippen LogP) is 0.184. The van der Waals surface area contributed by atoms with E-state index in [2.05, 4.69) is 4.98 Å². The zero-order valence-corrected chi connectivity index (χ0v) is 10.8. The Labute approximate surface area is 107 Å². The van der Waals surface area contributed by atoms with Crippen molar-refractivity contribution < 1.29 is 4.79 Å². The minimum atomic E-state index is -0.294. The Balaban J connectivity index is 2.33. The van der Waals surface area contributed by atoms with Gasteiger partial charge in [0.1, 0.15) is 11.9 Å². The zero-order chi connectivity index (χ0) is 13.3. The molecule has 0 saturated carbocycles. The van der Waals surface area contributed by atoms with Crippen molar-refractivity contribution in [1.82, 2.24) is 4.98 Å². The number of hydrogen-bond donors (Lipinski definition) is 2. The average molecular weight is 249 g/mol. The quantitative estimate of drug-likeness (QED) is 0.798. The summed E-state index contributed by atoms with van der Waals surface area (Å²) in [6, 6.07) is 3.40. The molecule has 4 N–H and O–H groups in total. The van der Waals surface area contributed by atoms with E-state index in [4.69, 9.17) is 11.5 Å². The Bertz CT molecular complexity index is 460. The molecule has 1 fully saturated rings. The monoisotopic (exact) mass is 249 g/mol. The van der Waals surface area contributed by atoms with Crippen LogP contribution >= 0.6 is 0 Å². The van der Waals surface area contributed by atoms with E-state index in [1.54, 1.807) is 0 Å². The van der Waals surface area contributed by atoms with Gasteiger partial charge in [0.25, 0.3) is 0 Å². The number of carbonyl (C=O) groups excluding carboxylic acids is 1. The Hall–Kier alpha value is -1.98. The minimum Gasteiger partial charge on any atom is -0.396 e. The Morgan fingerprint density at radius 1 is 1.50 bits per heavy atom. The summed E-state index contributed by atoms with van der Waals surface area (Å²) in [5.41, 5.74) is 11.9. The molecule has 0 radical (unpaired) electrons. The highest BCUT2D eigenvalue weighted by atomic mass is 16.1. The first-order valence-electron chi connectivity index (χ1n) is 6.00. The van der Waals surface area contributed by atoms with Crippen LogP contribution in [-0.2, 0) is 4.79 Å². The molecule has 1 aliphatic heterocycles. The van der Waals surface area contributed by atoms with Crippen LogP contribution in [0.1, 0.15) is 12.8 Å². The van der Waals surface area contributed by atoms with Gasteiger partial charge in [-0.25, -0.2) is 4.98 Å². The molecule has 1 atom stereocenters. The summed E-state index contributed by atoms with van der Waals surface area (Å²) >= 11 is 0. The molecule has 6 heteroatoms. The van der Waals surface area contributed by atoms with E-state index in [9.17, 15) is 4.79 Å². The lowest BCUT2D eigenvalue weighted by molar-refractivity contribution is -0.119. The van der Waals surface area contributed by atoms with Gasteiger partial charge in [0, 0.05) is 20.6 Å². The zero-order valence-electron chi connectivity index (χ0n) is 10.8. The van der Waals surface area contributed by atoms with Crippen molar-refractivity contribution >= 4 is 23.2 Å². The molecule has 0 bridgehead atoms. The highest BCUT2D eigenvalue weighted by Gasteiger charge is 2.30. The van der Waals surface area contributed by atoms with Gasteiger partial charge in [0.15, 0.2) is 5.82 Å². The summed E-state index contributed by atoms with van der Waals surface area (Å²) in [5.74, 6) is 1.18. The smallest absolute Gasteiger partial charge is 0.240 e. The van der Waals surface area contributed by atoms with Crippen molar-refractivity contribution in [2.75, 3.05) is 36.2 Å². The molecule has 2 rings (SSSR count). The van der Waals surface area contributed by atoms with Crippen LogP contribution in [0.5, 0.6) is 0 Å². The Kier molecular flexibility index (Phi) is 3.27. The molecule has 6 nitrogen and oxygen atoms in total. The third-order valence-electron chi connectivity index (χ3n) is 3.19. The molecule has 1 amide bonds. The molecule has 1 unspecified atom stereocenters. The number of anilines is 3. The highest BCUT2D eigenvalue weighted by Crippen LogP contribution is 2.28. The maximum atomic E-state index is 11.4. The third kappa shape index (κ3) is 2.18. The molecule has 1 aromatic rings. The van der Waals surface area contributed by atoms with Gasteiger partial charge in [-0.1, -0.05) is 0 Å². The van der Waals surface area contributed by atoms with Gasteiger partial charge in [0.05, 0.1) is 5.69 Å². The van der Waals surface area contributed by atoms with Crippen LogP contribution < -0.4 is 21.3 Å². The fourth-order valence-corrected chi connectivity index (χ4v) is 2.30. The average Bonchev–Trinajstić information content (AvgIpc) is 2.78. The summed E-state index contributed by atoms with van der Waals surface area (Å²) in [7, 11) is 3.77. The summed E-state index contributed by atoms with van der Waals surface area (Å²) in [6.45, 7) is 0.803. The number of rotatable bonds is 3. The van der Waals surface area contributed by atoms with Crippen molar-refractivity contribution in [3.63, 3.8) is 0 Å². The summed E-state index contributed by atoms with van der Waals surface area (Å²) < 4.78 is 0. The highest BCUT2D eigenvalue weighted by molar-refractivity contribution is 5.84. The minimum absolute atomic E-state index is 0.254. The standard InChI is InChI=1S/C12H19N5O/c1-16(2)12-8(13)5-6-10(15-12)17-7-3-4-9(17)11(14)18/h5-6,9H,3-4,7,13H2,1-2H3,(H2,14,18). The molecule has 18 heavy (non-hydrogen) atoms. The Morgan fingerprint density at radius 2 is 2.22 bits per heavy atom. The van der Waals surface area contributed by atoms with Crippen LogP contribution in [0.2, 0.25) is 0 Å². The topological polar surface area (TPSA) is 88.5 Å².